The number of piperidine rings is 1. The van der Waals surface area contributed by atoms with Crippen molar-refractivity contribution in [1.29, 1.82) is 0 Å². The summed E-state index contributed by atoms with van der Waals surface area (Å²) in [6.07, 6.45) is 7.66. The van der Waals surface area contributed by atoms with E-state index in [1.54, 1.807) is 0 Å². The van der Waals surface area contributed by atoms with E-state index in [2.05, 4.69) is 14.9 Å². The van der Waals surface area contributed by atoms with Crippen molar-refractivity contribution in [3.63, 3.8) is 0 Å². The molecular weight excluding hydrogens is 200 g/mol. The third kappa shape index (κ3) is 3.00. The van der Waals surface area contributed by atoms with Gasteiger partial charge in [0.05, 0.1) is 6.54 Å². The van der Waals surface area contributed by atoms with Gasteiger partial charge in [0.1, 0.15) is 5.82 Å². The topological polar surface area (TPSA) is 55.0 Å². The zero-order chi connectivity index (χ0) is 11.4. The predicted octanol–water partition coefficient (Wildman–Crippen LogP) is 1.48. The van der Waals surface area contributed by atoms with Gasteiger partial charge in [0.25, 0.3) is 0 Å². The Morgan fingerprint density at radius 2 is 1.88 bits per heavy atom. The van der Waals surface area contributed by atoms with Gasteiger partial charge in [0.15, 0.2) is 0 Å². The summed E-state index contributed by atoms with van der Waals surface area (Å²) in [5, 5.41) is 0. The molecule has 0 spiro atoms. The molecule has 1 fully saturated rings. The monoisotopic (exact) mass is 220 g/mol. The Balaban J connectivity index is 1.93. The van der Waals surface area contributed by atoms with Gasteiger partial charge in [-0.3, -0.25) is 4.90 Å². The smallest absolute Gasteiger partial charge is 0.142 e. The molecule has 0 radical (unpaired) electrons. The van der Waals surface area contributed by atoms with E-state index in [4.69, 9.17) is 5.73 Å². The quantitative estimate of drug-likeness (QED) is 0.838. The first kappa shape index (κ1) is 11.5. The van der Waals surface area contributed by atoms with Crippen LogP contribution < -0.4 is 5.73 Å². The summed E-state index contributed by atoms with van der Waals surface area (Å²) >= 11 is 0. The van der Waals surface area contributed by atoms with E-state index in [0.29, 0.717) is 0 Å². The first-order chi connectivity index (χ1) is 7.75. The number of hydrogen-bond acceptors (Lipinski definition) is 4. The highest BCUT2D eigenvalue weighted by atomic mass is 15.1. The van der Waals surface area contributed by atoms with Crippen molar-refractivity contribution in [2.24, 2.45) is 5.73 Å². The molecule has 1 unspecified atom stereocenters. The second kappa shape index (κ2) is 5.37. The lowest BCUT2D eigenvalue weighted by Crippen LogP contribution is -2.29. The first-order valence-corrected chi connectivity index (χ1v) is 6.04. The summed E-state index contributed by atoms with van der Waals surface area (Å²) in [5.41, 5.74) is 6.76. The third-order valence-corrected chi connectivity index (χ3v) is 3.06. The van der Waals surface area contributed by atoms with Crippen LogP contribution in [-0.2, 0) is 6.54 Å². The second-order valence-electron chi connectivity index (χ2n) is 4.56. The maximum atomic E-state index is 5.76. The summed E-state index contributed by atoms with van der Waals surface area (Å²) in [6, 6.07) is 0.0176. The van der Waals surface area contributed by atoms with Crippen molar-refractivity contribution >= 4 is 0 Å². The van der Waals surface area contributed by atoms with Gasteiger partial charge in [-0.1, -0.05) is 6.42 Å². The molecule has 0 bridgehead atoms. The molecule has 88 valence electrons. The normalized spacial score (nSPS) is 19.6. The van der Waals surface area contributed by atoms with Crippen molar-refractivity contribution in [2.45, 2.75) is 38.8 Å². The van der Waals surface area contributed by atoms with Crippen LogP contribution in [0.3, 0.4) is 0 Å². The molecule has 4 nitrogen and oxygen atoms in total. The fourth-order valence-corrected chi connectivity index (χ4v) is 2.00. The molecule has 1 atom stereocenters. The lowest BCUT2D eigenvalue weighted by atomic mass is 10.1. The summed E-state index contributed by atoms with van der Waals surface area (Å²) in [5.74, 6) is 0.909. The van der Waals surface area contributed by atoms with Crippen LogP contribution in [0.4, 0.5) is 0 Å². The predicted molar refractivity (Wildman–Crippen MR) is 63.8 cm³/mol. The maximum Gasteiger partial charge on any atom is 0.142 e. The minimum Gasteiger partial charge on any atom is -0.324 e. The highest BCUT2D eigenvalue weighted by Crippen LogP contribution is 2.11. The van der Waals surface area contributed by atoms with E-state index >= 15 is 0 Å². The van der Waals surface area contributed by atoms with Crippen LogP contribution >= 0.6 is 0 Å². The molecule has 16 heavy (non-hydrogen) atoms. The van der Waals surface area contributed by atoms with Gasteiger partial charge in [0.2, 0.25) is 0 Å². The number of rotatable bonds is 3. The number of aromatic nitrogens is 2. The molecule has 1 aliphatic heterocycles. The molecule has 0 aromatic carbocycles. The number of nitrogens with zero attached hydrogens (tertiary/aromatic N) is 3. The molecule has 1 saturated heterocycles. The van der Waals surface area contributed by atoms with Crippen LogP contribution in [0, 0.1) is 0 Å². The molecule has 1 aromatic rings. The van der Waals surface area contributed by atoms with Gasteiger partial charge in [0, 0.05) is 24.0 Å². The SMILES string of the molecule is CC(N)c1cnc(CN2CCCCC2)nc1. The van der Waals surface area contributed by atoms with E-state index in [-0.39, 0.29) is 6.04 Å². The maximum absolute atomic E-state index is 5.76. The minimum atomic E-state index is 0.0176. The minimum absolute atomic E-state index is 0.0176. The molecule has 0 saturated carbocycles. The van der Waals surface area contributed by atoms with Gasteiger partial charge < -0.3 is 5.73 Å². The number of nitrogens with two attached hydrogens (primary N) is 1. The van der Waals surface area contributed by atoms with Gasteiger partial charge in [-0.25, -0.2) is 9.97 Å². The summed E-state index contributed by atoms with van der Waals surface area (Å²) in [4.78, 5) is 11.1. The van der Waals surface area contributed by atoms with Crippen molar-refractivity contribution in [1.82, 2.24) is 14.9 Å². The number of likely N-dealkylation sites (tertiary alicyclic amines) is 1. The van der Waals surface area contributed by atoms with E-state index in [9.17, 15) is 0 Å². The van der Waals surface area contributed by atoms with Crippen LogP contribution in [-0.4, -0.2) is 28.0 Å². The van der Waals surface area contributed by atoms with Crippen molar-refractivity contribution < 1.29 is 0 Å². The van der Waals surface area contributed by atoms with Crippen LogP contribution in [0.1, 0.15) is 43.6 Å². The average molecular weight is 220 g/mol. The Morgan fingerprint density at radius 1 is 1.25 bits per heavy atom. The average Bonchev–Trinajstić information content (AvgIpc) is 2.31. The Labute approximate surface area is 96.9 Å². The molecular formula is C12H20N4. The lowest BCUT2D eigenvalue weighted by molar-refractivity contribution is 0.216. The molecule has 4 heteroatoms. The summed E-state index contributed by atoms with van der Waals surface area (Å²) in [7, 11) is 0. The van der Waals surface area contributed by atoms with E-state index in [1.807, 2.05) is 19.3 Å². The largest absolute Gasteiger partial charge is 0.324 e. The number of hydrogen-bond donors (Lipinski definition) is 1. The Morgan fingerprint density at radius 3 is 2.44 bits per heavy atom. The van der Waals surface area contributed by atoms with Crippen molar-refractivity contribution in [2.75, 3.05) is 13.1 Å². The van der Waals surface area contributed by atoms with Gasteiger partial charge in [-0.05, 0) is 32.9 Å². The zero-order valence-electron chi connectivity index (χ0n) is 9.89. The van der Waals surface area contributed by atoms with Gasteiger partial charge in [-0.15, -0.1) is 0 Å². The van der Waals surface area contributed by atoms with Crippen LogP contribution in [0.15, 0.2) is 12.4 Å². The molecule has 1 aliphatic rings. The fraction of sp³-hybridized carbons (Fsp3) is 0.667. The van der Waals surface area contributed by atoms with E-state index < -0.39 is 0 Å². The standard InChI is InChI=1S/C12H20N4/c1-10(13)11-7-14-12(15-8-11)9-16-5-3-2-4-6-16/h7-8,10H,2-6,9,13H2,1H3. The van der Waals surface area contributed by atoms with Gasteiger partial charge >= 0.3 is 0 Å². The Kier molecular flexibility index (Phi) is 3.85. The molecule has 2 N–H and O–H groups in total. The van der Waals surface area contributed by atoms with E-state index in [1.165, 1.54) is 32.4 Å². The van der Waals surface area contributed by atoms with Crippen LogP contribution in [0.25, 0.3) is 0 Å². The molecule has 2 heterocycles. The molecule has 2 rings (SSSR count). The van der Waals surface area contributed by atoms with E-state index in [0.717, 1.165) is 17.9 Å². The molecule has 0 amide bonds. The lowest BCUT2D eigenvalue weighted by Gasteiger charge is -2.25. The van der Waals surface area contributed by atoms with Crippen molar-refractivity contribution in [3.05, 3.63) is 23.8 Å². The summed E-state index contributed by atoms with van der Waals surface area (Å²) in [6.45, 7) is 5.18. The highest BCUT2D eigenvalue weighted by molar-refractivity contribution is 5.09. The zero-order valence-corrected chi connectivity index (χ0v) is 9.89. The summed E-state index contributed by atoms with van der Waals surface area (Å²) < 4.78 is 0. The molecule has 0 aliphatic carbocycles. The second-order valence-corrected chi connectivity index (χ2v) is 4.56. The Bertz CT molecular complexity index is 314. The first-order valence-electron chi connectivity index (χ1n) is 6.04. The third-order valence-electron chi connectivity index (χ3n) is 3.06. The van der Waals surface area contributed by atoms with Gasteiger partial charge in [-0.2, -0.15) is 0 Å². The molecule has 1 aromatic heterocycles. The highest BCUT2D eigenvalue weighted by Gasteiger charge is 2.11. The van der Waals surface area contributed by atoms with Crippen molar-refractivity contribution in [3.8, 4) is 0 Å². The van der Waals surface area contributed by atoms with Crippen LogP contribution in [0.5, 0.6) is 0 Å². The fourth-order valence-electron chi connectivity index (χ4n) is 2.00. The Hall–Kier alpha value is -1.00. The van der Waals surface area contributed by atoms with Crippen LogP contribution in [0.2, 0.25) is 0 Å².